The molecule has 26 heavy (non-hydrogen) atoms. The van der Waals surface area contributed by atoms with Gasteiger partial charge in [0.25, 0.3) is 0 Å². The predicted molar refractivity (Wildman–Crippen MR) is 104 cm³/mol. The van der Waals surface area contributed by atoms with Crippen molar-refractivity contribution in [3.63, 3.8) is 0 Å². The number of rotatable bonds is 7. The van der Waals surface area contributed by atoms with Crippen molar-refractivity contribution in [3.05, 3.63) is 58.7 Å². The second-order valence-electron chi connectivity index (χ2n) is 6.54. The fourth-order valence-corrected chi connectivity index (χ4v) is 2.87. The van der Waals surface area contributed by atoms with E-state index in [0.717, 1.165) is 33.8 Å². The Morgan fingerprint density at radius 2 is 1.73 bits per heavy atom. The Labute approximate surface area is 155 Å². The van der Waals surface area contributed by atoms with E-state index in [4.69, 9.17) is 9.47 Å². The van der Waals surface area contributed by atoms with Crippen LogP contribution < -0.4 is 20.1 Å². The summed E-state index contributed by atoms with van der Waals surface area (Å²) in [5.74, 6) is 1.59. The lowest BCUT2D eigenvalue weighted by atomic mass is 10.0. The van der Waals surface area contributed by atoms with Crippen molar-refractivity contribution in [1.29, 1.82) is 0 Å². The van der Waals surface area contributed by atoms with Crippen LogP contribution in [0, 0.1) is 20.8 Å². The van der Waals surface area contributed by atoms with E-state index in [1.165, 1.54) is 0 Å². The Balaban J connectivity index is 1.80. The maximum absolute atomic E-state index is 12.1. The van der Waals surface area contributed by atoms with Crippen molar-refractivity contribution in [2.45, 2.75) is 33.7 Å². The lowest BCUT2D eigenvalue weighted by Gasteiger charge is -2.18. The Hall–Kier alpha value is -2.69. The average Bonchev–Trinajstić information content (AvgIpc) is 2.58. The molecule has 0 aliphatic carbocycles. The molecule has 140 valence electrons. The third-order valence-electron chi connectivity index (χ3n) is 4.05. The van der Waals surface area contributed by atoms with E-state index < -0.39 is 0 Å². The van der Waals surface area contributed by atoms with Crippen LogP contribution in [0.1, 0.15) is 35.2 Å². The lowest BCUT2D eigenvalue weighted by Crippen LogP contribution is -2.39. The molecule has 5 nitrogen and oxygen atoms in total. The third kappa shape index (κ3) is 5.69. The topological polar surface area (TPSA) is 59.6 Å². The molecule has 0 aliphatic heterocycles. The summed E-state index contributed by atoms with van der Waals surface area (Å²) in [6.45, 7) is 8.86. The van der Waals surface area contributed by atoms with Crippen molar-refractivity contribution in [1.82, 2.24) is 10.6 Å². The van der Waals surface area contributed by atoms with E-state index in [0.29, 0.717) is 13.2 Å². The molecule has 2 N–H and O–H groups in total. The van der Waals surface area contributed by atoms with E-state index in [9.17, 15) is 4.79 Å². The van der Waals surface area contributed by atoms with Gasteiger partial charge in [-0.25, -0.2) is 4.79 Å². The zero-order valence-corrected chi connectivity index (χ0v) is 16.2. The molecule has 1 atom stereocenters. The number of benzene rings is 2. The molecule has 0 fully saturated rings. The largest absolute Gasteiger partial charge is 0.496 e. The van der Waals surface area contributed by atoms with Crippen molar-refractivity contribution < 1.29 is 14.3 Å². The minimum Gasteiger partial charge on any atom is -0.496 e. The number of hydrogen-bond acceptors (Lipinski definition) is 3. The molecule has 0 saturated heterocycles. The SMILES string of the molecule is COc1ccc(C)cc1C(C)NC(=O)NCCOc1cc(C)cc(C)c1. The fraction of sp³-hybridized carbons (Fsp3) is 0.381. The molecular weight excluding hydrogens is 328 g/mol. The molecule has 2 aromatic carbocycles. The molecule has 0 saturated carbocycles. The molecule has 0 aromatic heterocycles. The quantitative estimate of drug-likeness (QED) is 0.736. The molecule has 0 bridgehead atoms. The number of nitrogens with one attached hydrogen (secondary N) is 2. The summed E-state index contributed by atoms with van der Waals surface area (Å²) < 4.78 is 11.1. The summed E-state index contributed by atoms with van der Waals surface area (Å²) >= 11 is 0. The van der Waals surface area contributed by atoms with Crippen LogP contribution in [0.25, 0.3) is 0 Å². The lowest BCUT2D eigenvalue weighted by molar-refractivity contribution is 0.233. The first-order valence-corrected chi connectivity index (χ1v) is 8.79. The highest BCUT2D eigenvalue weighted by molar-refractivity contribution is 5.74. The normalized spacial score (nSPS) is 11.6. The van der Waals surface area contributed by atoms with Gasteiger partial charge in [0.15, 0.2) is 0 Å². The molecule has 0 aliphatic rings. The summed E-state index contributed by atoms with van der Waals surface area (Å²) in [7, 11) is 1.63. The fourth-order valence-electron chi connectivity index (χ4n) is 2.87. The van der Waals surface area contributed by atoms with Crippen molar-refractivity contribution in [2.75, 3.05) is 20.3 Å². The zero-order chi connectivity index (χ0) is 19.1. The van der Waals surface area contributed by atoms with E-state index in [1.807, 2.05) is 58.0 Å². The number of carbonyl (C=O) groups is 1. The maximum Gasteiger partial charge on any atom is 0.315 e. The van der Waals surface area contributed by atoms with Crippen LogP contribution in [0.15, 0.2) is 36.4 Å². The Morgan fingerprint density at radius 3 is 2.38 bits per heavy atom. The molecule has 5 heteroatoms. The van der Waals surface area contributed by atoms with E-state index >= 15 is 0 Å². The highest BCUT2D eigenvalue weighted by Crippen LogP contribution is 2.25. The third-order valence-corrected chi connectivity index (χ3v) is 4.05. The monoisotopic (exact) mass is 356 g/mol. The van der Waals surface area contributed by atoms with Crippen LogP contribution >= 0.6 is 0 Å². The number of urea groups is 1. The first kappa shape index (κ1) is 19.6. The molecule has 0 spiro atoms. The number of carbonyl (C=O) groups excluding carboxylic acids is 1. The number of aryl methyl sites for hydroxylation is 3. The van der Waals surface area contributed by atoms with Gasteiger partial charge in [0.05, 0.1) is 19.7 Å². The van der Waals surface area contributed by atoms with Crippen LogP contribution in [0.2, 0.25) is 0 Å². The number of amides is 2. The zero-order valence-electron chi connectivity index (χ0n) is 16.2. The predicted octanol–water partition coefficient (Wildman–Crippen LogP) is 4.06. The average molecular weight is 356 g/mol. The van der Waals surface area contributed by atoms with Crippen molar-refractivity contribution in [3.8, 4) is 11.5 Å². The second-order valence-corrected chi connectivity index (χ2v) is 6.54. The van der Waals surface area contributed by atoms with Crippen molar-refractivity contribution in [2.24, 2.45) is 0 Å². The van der Waals surface area contributed by atoms with Crippen LogP contribution in [0.4, 0.5) is 4.79 Å². The molecule has 2 rings (SSSR count). The Morgan fingerprint density at radius 1 is 1.04 bits per heavy atom. The summed E-state index contributed by atoms with van der Waals surface area (Å²) in [5.41, 5.74) is 4.39. The smallest absolute Gasteiger partial charge is 0.315 e. The summed E-state index contributed by atoms with van der Waals surface area (Å²) in [4.78, 5) is 12.1. The van der Waals surface area contributed by atoms with Crippen molar-refractivity contribution >= 4 is 6.03 Å². The number of methoxy groups -OCH3 is 1. The van der Waals surface area contributed by atoms with Gasteiger partial charge in [-0.1, -0.05) is 23.8 Å². The molecule has 2 amide bonds. The summed E-state index contributed by atoms with van der Waals surface area (Å²) in [6, 6.07) is 11.6. The standard InChI is InChI=1S/C21H28N2O3/c1-14-6-7-20(25-5)19(13-14)17(4)23-21(24)22-8-9-26-18-11-15(2)10-16(3)12-18/h6-7,10-13,17H,8-9H2,1-5H3,(H2,22,23,24). The number of hydrogen-bond donors (Lipinski definition) is 2. The first-order chi connectivity index (χ1) is 12.4. The molecule has 0 radical (unpaired) electrons. The maximum atomic E-state index is 12.1. The van der Waals surface area contributed by atoms with E-state index in [-0.39, 0.29) is 12.1 Å². The first-order valence-electron chi connectivity index (χ1n) is 8.79. The molecule has 2 aromatic rings. The molecule has 1 unspecified atom stereocenters. The van der Waals surface area contributed by atoms with Crippen LogP contribution in [0.3, 0.4) is 0 Å². The van der Waals surface area contributed by atoms with Crippen LogP contribution in [-0.4, -0.2) is 26.3 Å². The van der Waals surface area contributed by atoms with Gasteiger partial charge < -0.3 is 20.1 Å². The summed E-state index contributed by atoms with van der Waals surface area (Å²) in [5, 5.41) is 5.75. The van der Waals surface area contributed by atoms with E-state index in [2.05, 4.69) is 16.7 Å². The van der Waals surface area contributed by atoms with Gasteiger partial charge in [-0.2, -0.15) is 0 Å². The Bertz CT molecular complexity index is 739. The van der Waals surface area contributed by atoms with Gasteiger partial charge in [0.2, 0.25) is 0 Å². The van der Waals surface area contributed by atoms with Gasteiger partial charge in [-0.3, -0.25) is 0 Å². The minimum atomic E-state index is -0.231. The highest BCUT2D eigenvalue weighted by Gasteiger charge is 2.14. The van der Waals surface area contributed by atoms with Crippen LogP contribution in [-0.2, 0) is 0 Å². The Kier molecular flexibility index (Phi) is 6.89. The summed E-state index contributed by atoms with van der Waals surface area (Å²) in [6.07, 6.45) is 0. The van der Waals surface area contributed by atoms with Crippen LogP contribution in [0.5, 0.6) is 11.5 Å². The minimum absolute atomic E-state index is 0.162. The van der Waals surface area contributed by atoms with Gasteiger partial charge in [0.1, 0.15) is 18.1 Å². The molecular formula is C21H28N2O3. The number of ether oxygens (including phenoxy) is 2. The highest BCUT2D eigenvalue weighted by atomic mass is 16.5. The second kappa shape index (κ2) is 9.13. The van der Waals surface area contributed by atoms with Gasteiger partial charge >= 0.3 is 6.03 Å². The van der Waals surface area contributed by atoms with Gasteiger partial charge in [0, 0.05) is 5.56 Å². The van der Waals surface area contributed by atoms with Gasteiger partial charge in [-0.15, -0.1) is 0 Å². The van der Waals surface area contributed by atoms with E-state index in [1.54, 1.807) is 7.11 Å². The molecule has 0 heterocycles. The van der Waals surface area contributed by atoms with Gasteiger partial charge in [-0.05, 0) is 57.0 Å².